The maximum atomic E-state index is 13.4. The fourth-order valence-corrected chi connectivity index (χ4v) is 2.19. The maximum Gasteiger partial charge on any atom is 0.194 e. The Morgan fingerprint density at radius 2 is 1.74 bits per heavy atom. The molecular weight excluding hydrogens is 321 g/mol. The summed E-state index contributed by atoms with van der Waals surface area (Å²) < 4.78 is 39.3. The van der Waals surface area contributed by atoms with Crippen LogP contribution in [0.5, 0.6) is 0 Å². The van der Waals surface area contributed by atoms with E-state index >= 15 is 0 Å². The molecule has 1 nitrogen and oxygen atoms in total. The number of hydrogen-bond donors (Lipinski definition) is 0. The summed E-state index contributed by atoms with van der Waals surface area (Å²) in [5, 5.41) is 0. The van der Waals surface area contributed by atoms with Crippen LogP contribution in [-0.2, 0) is 0 Å². The Kier molecular flexibility index (Phi) is 3.75. The lowest BCUT2D eigenvalue weighted by atomic mass is 9.99. The number of benzene rings is 2. The Hall–Kier alpha value is -1.62. The molecule has 2 rings (SSSR count). The van der Waals surface area contributed by atoms with Crippen LogP contribution in [0.1, 0.15) is 21.5 Å². The van der Waals surface area contributed by atoms with E-state index in [2.05, 4.69) is 15.9 Å². The van der Waals surface area contributed by atoms with Gasteiger partial charge in [-0.3, -0.25) is 4.79 Å². The van der Waals surface area contributed by atoms with E-state index in [1.807, 2.05) is 0 Å². The SMILES string of the molecule is Cc1ccc(F)cc1C(=O)c1ccc(F)c(F)c1Br. The molecule has 0 saturated carbocycles. The Bertz CT molecular complexity index is 668. The summed E-state index contributed by atoms with van der Waals surface area (Å²) in [4.78, 5) is 12.2. The van der Waals surface area contributed by atoms with Crippen LogP contribution in [0.25, 0.3) is 0 Å². The molecule has 0 atom stereocenters. The second kappa shape index (κ2) is 5.17. The first-order chi connectivity index (χ1) is 8.91. The van der Waals surface area contributed by atoms with Gasteiger partial charge in [0.15, 0.2) is 17.4 Å². The van der Waals surface area contributed by atoms with Crippen molar-refractivity contribution in [1.82, 2.24) is 0 Å². The molecule has 5 heteroatoms. The lowest BCUT2D eigenvalue weighted by molar-refractivity contribution is 0.103. The molecule has 0 aliphatic rings. The molecule has 2 aromatic carbocycles. The van der Waals surface area contributed by atoms with Gasteiger partial charge in [0.25, 0.3) is 0 Å². The summed E-state index contributed by atoms with van der Waals surface area (Å²) in [5.41, 5.74) is 0.627. The fraction of sp³-hybridized carbons (Fsp3) is 0.0714. The van der Waals surface area contributed by atoms with Crippen molar-refractivity contribution >= 4 is 21.7 Å². The zero-order valence-corrected chi connectivity index (χ0v) is 11.4. The molecule has 0 spiro atoms. The first-order valence-corrected chi connectivity index (χ1v) is 6.15. The van der Waals surface area contributed by atoms with Gasteiger partial charge >= 0.3 is 0 Å². The predicted molar refractivity (Wildman–Crippen MR) is 68.6 cm³/mol. The Morgan fingerprint density at radius 1 is 1.05 bits per heavy atom. The summed E-state index contributed by atoms with van der Waals surface area (Å²) in [5.74, 6) is -3.32. The van der Waals surface area contributed by atoms with Crippen LogP contribution >= 0.6 is 15.9 Å². The van der Waals surface area contributed by atoms with E-state index < -0.39 is 23.2 Å². The van der Waals surface area contributed by atoms with Gasteiger partial charge in [-0.15, -0.1) is 0 Å². The van der Waals surface area contributed by atoms with Crippen molar-refractivity contribution in [1.29, 1.82) is 0 Å². The third kappa shape index (κ3) is 2.56. The number of ketones is 1. The van der Waals surface area contributed by atoms with Crippen LogP contribution in [-0.4, -0.2) is 5.78 Å². The van der Waals surface area contributed by atoms with E-state index in [0.29, 0.717) is 5.56 Å². The highest BCUT2D eigenvalue weighted by Gasteiger charge is 2.19. The summed E-state index contributed by atoms with van der Waals surface area (Å²) >= 11 is 2.84. The van der Waals surface area contributed by atoms with Crippen molar-refractivity contribution in [3.05, 3.63) is 68.9 Å². The molecule has 0 bridgehead atoms. The van der Waals surface area contributed by atoms with Gasteiger partial charge in [0, 0.05) is 11.1 Å². The monoisotopic (exact) mass is 328 g/mol. The van der Waals surface area contributed by atoms with Gasteiger partial charge in [0.1, 0.15) is 5.82 Å². The van der Waals surface area contributed by atoms with Crippen molar-refractivity contribution in [2.45, 2.75) is 6.92 Å². The van der Waals surface area contributed by atoms with Crippen molar-refractivity contribution in [2.75, 3.05) is 0 Å². The average molecular weight is 329 g/mol. The van der Waals surface area contributed by atoms with E-state index in [1.165, 1.54) is 12.1 Å². The molecule has 0 aromatic heterocycles. The Morgan fingerprint density at radius 3 is 2.42 bits per heavy atom. The third-order valence-electron chi connectivity index (χ3n) is 2.72. The lowest BCUT2D eigenvalue weighted by Crippen LogP contribution is -2.07. The molecule has 19 heavy (non-hydrogen) atoms. The minimum absolute atomic E-state index is 0.0485. The van der Waals surface area contributed by atoms with Crippen molar-refractivity contribution in [3.63, 3.8) is 0 Å². The summed E-state index contributed by atoms with van der Waals surface area (Å²) in [6.45, 7) is 1.64. The van der Waals surface area contributed by atoms with Crippen molar-refractivity contribution in [2.24, 2.45) is 0 Å². The largest absolute Gasteiger partial charge is 0.289 e. The van der Waals surface area contributed by atoms with Crippen LogP contribution in [0, 0.1) is 24.4 Å². The van der Waals surface area contributed by atoms with Gasteiger partial charge < -0.3 is 0 Å². The highest BCUT2D eigenvalue weighted by molar-refractivity contribution is 9.10. The zero-order valence-electron chi connectivity index (χ0n) is 9.81. The summed E-state index contributed by atoms with van der Waals surface area (Å²) in [6, 6.07) is 5.78. The minimum atomic E-state index is -1.14. The fourth-order valence-electron chi connectivity index (χ4n) is 1.69. The molecule has 0 unspecified atom stereocenters. The standard InChI is InChI=1S/C14H8BrF3O/c1-7-2-3-8(16)6-10(7)14(19)9-4-5-11(17)13(18)12(9)15/h2-6H,1H3. The van der Waals surface area contributed by atoms with Gasteiger partial charge in [-0.25, -0.2) is 13.2 Å². The molecule has 0 radical (unpaired) electrons. The second-order valence-corrected chi connectivity index (χ2v) is 4.80. The summed E-state index contributed by atoms with van der Waals surface area (Å²) in [7, 11) is 0. The molecule has 0 heterocycles. The molecule has 0 N–H and O–H groups in total. The van der Waals surface area contributed by atoms with Crippen molar-refractivity contribution in [3.8, 4) is 0 Å². The van der Waals surface area contributed by atoms with E-state index in [-0.39, 0.29) is 15.6 Å². The van der Waals surface area contributed by atoms with Crippen LogP contribution in [0.3, 0.4) is 0 Å². The van der Waals surface area contributed by atoms with E-state index in [1.54, 1.807) is 6.92 Å². The maximum absolute atomic E-state index is 13.4. The van der Waals surface area contributed by atoms with Crippen LogP contribution in [0.15, 0.2) is 34.8 Å². The molecule has 98 valence electrons. The number of aryl methyl sites for hydroxylation is 1. The predicted octanol–water partition coefficient (Wildman–Crippen LogP) is 4.41. The number of rotatable bonds is 2. The van der Waals surface area contributed by atoms with Crippen LogP contribution in [0.4, 0.5) is 13.2 Å². The van der Waals surface area contributed by atoms with Gasteiger partial charge in [0.2, 0.25) is 0 Å². The quantitative estimate of drug-likeness (QED) is 0.589. The number of carbonyl (C=O) groups is 1. The molecule has 0 fully saturated rings. The first-order valence-electron chi connectivity index (χ1n) is 5.36. The highest BCUT2D eigenvalue weighted by atomic mass is 79.9. The van der Waals surface area contributed by atoms with Gasteiger partial charge in [0.05, 0.1) is 4.47 Å². The van der Waals surface area contributed by atoms with Gasteiger partial charge in [-0.05, 0) is 52.7 Å². The van der Waals surface area contributed by atoms with E-state index in [9.17, 15) is 18.0 Å². The zero-order chi connectivity index (χ0) is 14.2. The lowest BCUT2D eigenvalue weighted by Gasteiger charge is -2.08. The topological polar surface area (TPSA) is 17.1 Å². The normalized spacial score (nSPS) is 10.6. The van der Waals surface area contributed by atoms with E-state index in [0.717, 1.165) is 18.2 Å². The smallest absolute Gasteiger partial charge is 0.194 e. The van der Waals surface area contributed by atoms with Crippen LogP contribution in [0.2, 0.25) is 0 Å². The average Bonchev–Trinajstić information content (AvgIpc) is 2.38. The second-order valence-electron chi connectivity index (χ2n) is 4.01. The van der Waals surface area contributed by atoms with Gasteiger partial charge in [-0.2, -0.15) is 0 Å². The highest BCUT2D eigenvalue weighted by Crippen LogP contribution is 2.26. The molecule has 0 aliphatic heterocycles. The van der Waals surface area contributed by atoms with Crippen molar-refractivity contribution < 1.29 is 18.0 Å². The molecule has 2 aromatic rings. The van der Waals surface area contributed by atoms with Crippen LogP contribution < -0.4 is 0 Å². The molecular formula is C14H8BrF3O. The first kappa shape index (κ1) is 13.8. The minimum Gasteiger partial charge on any atom is -0.289 e. The Labute approximate surface area is 116 Å². The van der Waals surface area contributed by atoms with Gasteiger partial charge in [-0.1, -0.05) is 6.07 Å². The molecule has 0 amide bonds. The molecule has 0 aliphatic carbocycles. The third-order valence-corrected chi connectivity index (χ3v) is 3.50. The number of halogens is 4. The van der Waals surface area contributed by atoms with E-state index in [4.69, 9.17) is 0 Å². The Balaban J connectivity index is 2.56. The number of carbonyl (C=O) groups excluding carboxylic acids is 1. The summed E-state index contributed by atoms with van der Waals surface area (Å²) in [6.07, 6.45) is 0. The molecule has 0 saturated heterocycles. The number of hydrogen-bond acceptors (Lipinski definition) is 1.